The minimum absolute atomic E-state index is 0.00535. The van der Waals surface area contributed by atoms with Crippen molar-refractivity contribution in [2.24, 2.45) is 17.6 Å². The predicted molar refractivity (Wildman–Crippen MR) is 491 cm³/mol. The third-order valence-electron chi connectivity index (χ3n) is 21.4. The number of carbonyl (C=O) groups is 20. The first kappa shape index (κ1) is 114. The molecule has 4 aromatic rings. The summed E-state index contributed by atoms with van der Waals surface area (Å²) in [7, 11) is 0. The summed E-state index contributed by atoms with van der Waals surface area (Å²) in [6, 6.07) is 2.03. The number of carboxylic acid groups (broad SMARTS) is 3. The molecule has 754 valence electrons. The minimum Gasteiger partial charge on any atom is -0.508 e. The Hall–Kier alpha value is -14.5. The van der Waals surface area contributed by atoms with E-state index in [0.717, 1.165) is 30.5 Å². The number of hydrogen-bond donors (Lipinski definition) is 27. The quantitative estimate of drug-likeness (QED) is 0.00847. The molecule has 1 aliphatic heterocycles. The number of fused-ring (bicyclic) bond motifs is 1. The Balaban J connectivity index is 1.28. The Kier molecular flexibility index (Phi) is 47.5. The fourth-order valence-electron chi connectivity index (χ4n) is 13.8. The Morgan fingerprint density at radius 2 is 0.819 bits per heavy atom. The third-order valence-corrected chi connectivity index (χ3v) is 22.3. The van der Waals surface area contributed by atoms with Crippen molar-refractivity contribution in [3.8, 4) is 11.5 Å². The average Bonchev–Trinajstić information content (AvgIpc) is 1.64. The summed E-state index contributed by atoms with van der Waals surface area (Å²) in [4.78, 5) is 273. The van der Waals surface area contributed by atoms with Gasteiger partial charge in [-0.2, -0.15) is 0 Å². The van der Waals surface area contributed by atoms with Gasteiger partial charge in [-0.3, -0.25) is 106 Å². The first-order valence-corrected chi connectivity index (χ1v) is 45.3. The van der Waals surface area contributed by atoms with E-state index in [1.54, 1.807) is 70.2 Å². The van der Waals surface area contributed by atoms with Crippen molar-refractivity contribution < 1.29 is 142 Å². The van der Waals surface area contributed by atoms with E-state index in [-0.39, 0.29) is 97.6 Å². The maximum absolute atomic E-state index is 14.7. The molecule has 28 N–H and O–H groups in total. The number of aliphatic carboxylic acids is 3. The molecule has 0 saturated heterocycles. The van der Waals surface area contributed by atoms with Gasteiger partial charge in [-0.05, 0) is 124 Å². The number of guanidine groups is 1. The van der Waals surface area contributed by atoms with Gasteiger partial charge in [0.05, 0.1) is 67.4 Å². The first-order valence-electron chi connectivity index (χ1n) is 44.1. The van der Waals surface area contributed by atoms with Crippen LogP contribution in [0.25, 0.3) is 0 Å². The number of nitrogens with one attached hydrogen (secondary N) is 17. The van der Waals surface area contributed by atoms with Gasteiger partial charge in [0.15, 0.2) is 5.96 Å². The number of aliphatic hydroxyl groups excluding tert-OH is 4. The van der Waals surface area contributed by atoms with Gasteiger partial charge in [0, 0.05) is 44.9 Å². The van der Waals surface area contributed by atoms with Gasteiger partial charge in [-0.25, -0.2) is 0 Å². The number of nitrogens with two attached hydrogens (primary N) is 1. The molecule has 49 heteroatoms. The summed E-state index contributed by atoms with van der Waals surface area (Å²) in [6.07, 6.45) is -7.49. The molecule has 0 radical (unpaired) electrons. The number of aryl methyl sites for hydroxylation is 1. The maximum atomic E-state index is 14.7. The number of phenols is 2. The molecule has 0 saturated carbocycles. The number of aromatic hydroxyl groups is 2. The number of rotatable bonds is 60. The molecular weight excluding hydrogens is 1830 g/mol. The minimum atomic E-state index is -2.24. The Morgan fingerprint density at radius 1 is 0.406 bits per heavy atom. The molecule has 5 rings (SSSR count). The van der Waals surface area contributed by atoms with Crippen molar-refractivity contribution in [3.63, 3.8) is 0 Å². The third kappa shape index (κ3) is 39.1. The van der Waals surface area contributed by atoms with Crippen molar-refractivity contribution in [2.75, 3.05) is 50.9 Å². The van der Waals surface area contributed by atoms with Crippen LogP contribution in [-0.4, -0.2) is 317 Å². The van der Waals surface area contributed by atoms with Crippen LogP contribution in [0, 0.1) is 17.2 Å². The number of amides is 17. The smallest absolute Gasteiger partial charge is 0.305 e. The van der Waals surface area contributed by atoms with Crippen molar-refractivity contribution in [2.45, 2.75) is 216 Å². The number of carbonyl (C=O) groups excluding carboxylic acids is 17. The van der Waals surface area contributed by atoms with Gasteiger partial charge in [-0.15, -0.1) is 11.8 Å². The SMILES string of the molecule is CC[C@H](C)[C@H](NC(=O)[C@H](CO)NC(=O)[C@H](Cc1ccc(O)cc1)NC(=O)[C@H](CC(=O)O)NC(=O)[C@H](CO)NC(=O)[C@@H](NC(=O)[C@H](CCc1ccccc1)NC(=O)[C@@H](NC(=O)CNC(=O)[C@H](CCC(=O)O)NC(=O)CSCC(=O)NCCN1C(=O)c2ccccc2C1=O)[C@@H](C)O)[C@@H](C)O)C(=O)N[C@@H](Cc1ccc(O)cc1)C(=O)N[C@@H](CC(C)C)C(=O)N[C@@H](CC(=O)O)C(=O)N[C@H](C)CCCNC(=N)N. The van der Waals surface area contributed by atoms with E-state index >= 15 is 0 Å². The summed E-state index contributed by atoms with van der Waals surface area (Å²) in [5.74, 6) is -25.4. The first-order chi connectivity index (χ1) is 65.2. The van der Waals surface area contributed by atoms with E-state index in [9.17, 15) is 142 Å². The van der Waals surface area contributed by atoms with Gasteiger partial charge in [0.25, 0.3) is 11.8 Å². The van der Waals surface area contributed by atoms with Crippen molar-refractivity contribution >= 4 is 136 Å². The number of thioether (sulfide) groups is 1. The number of aliphatic hydroxyl groups is 4. The van der Waals surface area contributed by atoms with Gasteiger partial charge < -0.3 is 137 Å². The monoisotopic (exact) mass is 1950 g/mol. The summed E-state index contributed by atoms with van der Waals surface area (Å²) in [6.45, 7) is 6.65. The van der Waals surface area contributed by atoms with E-state index in [4.69, 9.17) is 11.1 Å². The lowest BCUT2D eigenvalue weighted by molar-refractivity contribution is -0.142. The second kappa shape index (κ2) is 57.4. The number of benzene rings is 4. The summed E-state index contributed by atoms with van der Waals surface area (Å²) >= 11 is 0.785. The predicted octanol–water partition coefficient (Wildman–Crippen LogP) is -5.98. The largest absolute Gasteiger partial charge is 0.508 e. The summed E-state index contributed by atoms with van der Waals surface area (Å²) < 4.78 is 0. The fourth-order valence-corrected chi connectivity index (χ4v) is 14.4. The van der Waals surface area contributed by atoms with Crippen LogP contribution in [0.4, 0.5) is 0 Å². The second-order valence-corrected chi connectivity index (χ2v) is 34.1. The molecular formula is C89H123N19O29S. The normalized spacial score (nSPS) is 15.0. The lowest BCUT2D eigenvalue weighted by Crippen LogP contribution is -2.63. The molecule has 48 nitrogen and oxygen atoms in total. The number of phenolic OH excluding ortho intramolecular Hbond substituents is 2. The number of hydrogen-bond acceptors (Lipinski definition) is 28. The maximum Gasteiger partial charge on any atom is 0.305 e. The molecule has 1 heterocycles. The molecule has 16 atom stereocenters. The summed E-state index contributed by atoms with van der Waals surface area (Å²) in [5, 5.41) is 138. The van der Waals surface area contributed by atoms with E-state index in [0.29, 0.717) is 24.0 Å². The van der Waals surface area contributed by atoms with Crippen LogP contribution in [0.2, 0.25) is 0 Å². The van der Waals surface area contributed by atoms with Crippen LogP contribution in [0.5, 0.6) is 11.5 Å². The molecule has 1 aliphatic rings. The van der Waals surface area contributed by atoms with Gasteiger partial charge >= 0.3 is 17.9 Å². The van der Waals surface area contributed by atoms with Crippen LogP contribution in [-0.2, 0) is 106 Å². The molecule has 0 aliphatic carbocycles. The standard InChI is InChI=1S/C89H123N19O29S/c1-8-46(4)72(84(133)102-61(37-52-22-27-54(114)28-23-52)79(128)98-59(35-45(2)3)78(127)100-62(38-70(120)121)77(126)95-47(5)15-14-32-93-89(90)91)106-83(132)65(42-110)103-80(129)60(36-51-20-25-53(113)26-21-51)99-81(130)63(39-71(122)123)101-82(131)64(41-109)104-86(135)74(49(7)112)107-76(125)58(29-24-50-16-10-9-11-17-50)97-85(134)73(48(6)111)105-66(115)40-94-75(124)57(30-31-69(118)119)96-68(117)44-138-43-67(116)92-33-34-108-87(136)55-18-12-13-19-56(55)88(108)137/h9-13,16-23,25-28,45-49,57-65,72-74,109-114H,8,14-15,24,29-44H2,1-7H3,(H,92,116)(H,94,124)(H,95,126)(H,96,117)(H,97,134)(H,98,128)(H,99,130)(H,100,127)(H,101,131)(H,102,133)(H,103,129)(H,104,135)(H,105,115)(H,106,132)(H,107,125)(H,118,119)(H,120,121)(H,122,123)(H4,90,91,93)/t46-,47+,48+,49+,57-,58-,59-,60-,61-,62-,63-,64-,65-,72-,73-,74-/m0/s1. The zero-order chi connectivity index (χ0) is 103. The molecule has 0 unspecified atom stereocenters. The van der Waals surface area contributed by atoms with Crippen molar-refractivity contribution in [1.29, 1.82) is 5.41 Å². The number of imide groups is 1. The molecule has 138 heavy (non-hydrogen) atoms. The van der Waals surface area contributed by atoms with E-state index in [2.05, 4.69) is 85.1 Å². The number of carboxylic acids is 3. The molecule has 17 amide bonds. The lowest BCUT2D eigenvalue weighted by atomic mass is 9.96. The van der Waals surface area contributed by atoms with Gasteiger partial charge in [0.2, 0.25) is 88.6 Å². The van der Waals surface area contributed by atoms with Crippen LogP contribution in [0.3, 0.4) is 0 Å². The highest BCUT2D eigenvalue weighted by Crippen LogP contribution is 2.23. The average molecular weight is 1960 g/mol. The Labute approximate surface area is 796 Å². The fraction of sp³-hybridized carbons (Fsp3) is 0.494. The Bertz CT molecular complexity index is 4900. The molecule has 4 aromatic carbocycles. The van der Waals surface area contributed by atoms with Gasteiger partial charge in [0.1, 0.15) is 84.0 Å². The highest BCUT2D eigenvalue weighted by atomic mass is 32.2. The zero-order valence-electron chi connectivity index (χ0n) is 76.9. The Morgan fingerprint density at radius 3 is 1.31 bits per heavy atom. The molecule has 0 fully saturated rings. The molecule has 0 spiro atoms. The van der Waals surface area contributed by atoms with Crippen molar-refractivity contribution in [1.82, 2.24) is 90.0 Å². The topological polar surface area (TPSA) is 769 Å². The van der Waals surface area contributed by atoms with Crippen LogP contribution in [0.15, 0.2) is 103 Å². The summed E-state index contributed by atoms with van der Waals surface area (Å²) in [5.41, 5.74) is 6.86. The molecule has 0 bridgehead atoms. The van der Waals surface area contributed by atoms with E-state index < -0.39 is 273 Å². The second-order valence-electron chi connectivity index (χ2n) is 33.1. The van der Waals surface area contributed by atoms with Crippen LogP contribution in [0.1, 0.15) is 144 Å². The van der Waals surface area contributed by atoms with E-state index in [1.807, 2.05) is 0 Å². The number of nitrogens with zero attached hydrogens (tertiary/aromatic N) is 1. The van der Waals surface area contributed by atoms with E-state index in [1.165, 1.54) is 67.6 Å². The van der Waals surface area contributed by atoms with Crippen LogP contribution >= 0.6 is 11.8 Å². The lowest BCUT2D eigenvalue weighted by Gasteiger charge is -2.30. The molecule has 0 aromatic heterocycles. The highest BCUT2D eigenvalue weighted by molar-refractivity contribution is 8.00. The van der Waals surface area contributed by atoms with Gasteiger partial charge in [-0.1, -0.05) is 101 Å². The van der Waals surface area contributed by atoms with Crippen LogP contribution < -0.4 is 90.8 Å². The van der Waals surface area contributed by atoms with Crippen molar-refractivity contribution in [3.05, 3.63) is 131 Å². The zero-order valence-corrected chi connectivity index (χ0v) is 77.7. The highest BCUT2D eigenvalue weighted by Gasteiger charge is 2.41.